The van der Waals surface area contributed by atoms with E-state index < -0.39 is 0 Å². The van der Waals surface area contributed by atoms with Crippen molar-refractivity contribution in [3.05, 3.63) is 30.2 Å². The smallest absolute Gasteiger partial charge is 0.174 e. The molecule has 0 amide bonds. The molecule has 6 heteroatoms. The lowest BCUT2D eigenvalue weighted by molar-refractivity contribution is 0.789. The summed E-state index contributed by atoms with van der Waals surface area (Å²) in [6.45, 7) is 0. The van der Waals surface area contributed by atoms with Crippen LogP contribution in [0, 0.1) is 11.3 Å². The van der Waals surface area contributed by atoms with E-state index >= 15 is 0 Å². The van der Waals surface area contributed by atoms with E-state index in [1.807, 2.05) is 23.9 Å². The number of nitrogens with two attached hydrogens (primary N) is 1. The molecule has 2 heterocycles. The van der Waals surface area contributed by atoms with Crippen LogP contribution in [-0.4, -0.2) is 14.5 Å². The van der Waals surface area contributed by atoms with Crippen LogP contribution in [0.1, 0.15) is 5.56 Å². The monoisotopic (exact) mass is 231 g/mol. The molecule has 0 aliphatic carbocycles. The molecule has 0 unspecified atom stereocenters. The topological polar surface area (TPSA) is 80.5 Å². The molecule has 0 radical (unpaired) electrons. The van der Waals surface area contributed by atoms with E-state index in [2.05, 4.69) is 9.97 Å². The Morgan fingerprint density at radius 3 is 2.88 bits per heavy atom. The minimum atomic E-state index is 0.460. The molecule has 16 heavy (non-hydrogen) atoms. The molecule has 2 N–H and O–H groups in total. The molecule has 80 valence electrons. The molecule has 0 aliphatic heterocycles. The highest BCUT2D eigenvalue weighted by Gasteiger charge is 2.07. The molecule has 0 aromatic carbocycles. The first-order chi connectivity index (χ1) is 7.70. The molecule has 0 aliphatic rings. The van der Waals surface area contributed by atoms with Crippen LogP contribution in [0.4, 0.5) is 5.69 Å². The van der Waals surface area contributed by atoms with Gasteiger partial charge < -0.3 is 10.3 Å². The molecule has 2 aromatic rings. The summed E-state index contributed by atoms with van der Waals surface area (Å²) >= 11 is 1.37. The number of nitriles is 1. The number of rotatable bonds is 2. The average Bonchev–Trinajstić information content (AvgIpc) is 2.67. The minimum Gasteiger partial charge on any atom is -0.396 e. The van der Waals surface area contributed by atoms with Crippen molar-refractivity contribution >= 4 is 17.4 Å². The summed E-state index contributed by atoms with van der Waals surface area (Å²) in [6.07, 6.45) is 5.06. The second-order valence-corrected chi connectivity index (χ2v) is 4.11. The number of imidazole rings is 1. The standard InChI is InChI=1S/C10H9N5S/c1-15-3-2-13-10(15)16-9-8(12)4-7(5-11)6-14-9/h2-4,6H,12H2,1H3. The number of aryl methyl sites for hydroxylation is 1. The Morgan fingerprint density at radius 2 is 2.31 bits per heavy atom. The van der Waals surface area contributed by atoms with Crippen LogP contribution in [0.5, 0.6) is 0 Å². The van der Waals surface area contributed by atoms with Crippen LogP contribution in [0.25, 0.3) is 0 Å². The maximum Gasteiger partial charge on any atom is 0.174 e. The van der Waals surface area contributed by atoms with Crippen molar-refractivity contribution in [3.8, 4) is 6.07 Å². The van der Waals surface area contributed by atoms with Crippen molar-refractivity contribution in [2.24, 2.45) is 7.05 Å². The molecule has 2 rings (SSSR count). The summed E-state index contributed by atoms with van der Waals surface area (Å²) in [6, 6.07) is 3.60. The number of aromatic nitrogens is 3. The second-order valence-electron chi connectivity index (χ2n) is 3.15. The zero-order valence-corrected chi connectivity index (χ0v) is 9.40. The predicted octanol–water partition coefficient (Wildman–Crippen LogP) is 1.42. The van der Waals surface area contributed by atoms with Crippen molar-refractivity contribution in [1.82, 2.24) is 14.5 Å². The Balaban J connectivity index is 2.30. The first-order valence-corrected chi connectivity index (χ1v) is 5.33. The van der Waals surface area contributed by atoms with E-state index in [0.717, 1.165) is 5.16 Å². The highest BCUT2D eigenvalue weighted by Crippen LogP contribution is 2.28. The van der Waals surface area contributed by atoms with Gasteiger partial charge in [0.25, 0.3) is 0 Å². The Morgan fingerprint density at radius 1 is 1.50 bits per heavy atom. The highest BCUT2D eigenvalue weighted by molar-refractivity contribution is 7.99. The summed E-state index contributed by atoms with van der Waals surface area (Å²) in [4.78, 5) is 8.29. The number of nitrogens with zero attached hydrogens (tertiary/aromatic N) is 4. The van der Waals surface area contributed by atoms with Gasteiger partial charge in [0.05, 0.1) is 11.3 Å². The fraction of sp³-hybridized carbons (Fsp3) is 0.100. The van der Waals surface area contributed by atoms with Gasteiger partial charge in [-0.3, -0.25) is 0 Å². The molecule has 0 bridgehead atoms. The molecule has 0 fully saturated rings. The van der Waals surface area contributed by atoms with Gasteiger partial charge in [-0.05, 0) is 17.8 Å². The molecular formula is C10H9N5S. The maximum absolute atomic E-state index is 8.68. The molecule has 0 spiro atoms. The molecule has 0 saturated carbocycles. The third kappa shape index (κ3) is 1.99. The Kier molecular flexibility index (Phi) is 2.79. The summed E-state index contributed by atoms with van der Waals surface area (Å²) in [7, 11) is 1.90. The lowest BCUT2D eigenvalue weighted by atomic mass is 10.3. The van der Waals surface area contributed by atoms with Crippen molar-refractivity contribution in [2.75, 3.05) is 5.73 Å². The van der Waals surface area contributed by atoms with Crippen LogP contribution < -0.4 is 5.73 Å². The van der Waals surface area contributed by atoms with Gasteiger partial charge in [-0.2, -0.15) is 5.26 Å². The highest BCUT2D eigenvalue weighted by atomic mass is 32.2. The quantitative estimate of drug-likeness (QED) is 0.845. The Hall–Kier alpha value is -2.00. The third-order valence-corrected chi connectivity index (χ3v) is 3.08. The second kappa shape index (κ2) is 4.24. The van der Waals surface area contributed by atoms with E-state index in [1.165, 1.54) is 18.0 Å². The summed E-state index contributed by atoms with van der Waals surface area (Å²) in [5.41, 5.74) is 6.74. The van der Waals surface area contributed by atoms with E-state index in [9.17, 15) is 0 Å². The first-order valence-electron chi connectivity index (χ1n) is 4.51. The van der Waals surface area contributed by atoms with Crippen molar-refractivity contribution in [2.45, 2.75) is 10.2 Å². The lowest BCUT2D eigenvalue weighted by Gasteiger charge is -2.03. The number of pyridine rings is 1. The van der Waals surface area contributed by atoms with E-state index in [-0.39, 0.29) is 0 Å². The fourth-order valence-corrected chi connectivity index (χ4v) is 1.93. The maximum atomic E-state index is 8.68. The normalized spacial score (nSPS) is 10.0. The predicted molar refractivity (Wildman–Crippen MR) is 60.7 cm³/mol. The fourth-order valence-electron chi connectivity index (χ4n) is 1.15. The summed E-state index contributed by atoms with van der Waals surface area (Å²) in [5.74, 6) is 0. The van der Waals surface area contributed by atoms with Crippen LogP contribution in [0.2, 0.25) is 0 Å². The van der Waals surface area contributed by atoms with Gasteiger partial charge in [0, 0.05) is 25.6 Å². The van der Waals surface area contributed by atoms with Gasteiger partial charge >= 0.3 is 0 Å². The molecule has 0 atom stereocenters. The molecule has 0 saturated heterocycles. The van der Waals surface area contributed by atoms with Gasteiger partial charge in [-0.15, -0.1) is 0 Å². The van der Waals surface area contributed by atoms with Gasteiger partial charge in [-0.25, -0.2) is 9.97 Å². The lowest BCUT2D eigenvalue weighted by Crippen LogP contribution is -1.95. The van der Waals surface area contributed by atoms with Gasteiger partial charge in [-0.1, -0.05) is 0 Å². The molecule has 5 nitrogen and oxygen atoms in total. The van der Waals surface area contributed by atoms with Gasteiger partial charge in [0.1, 0.15) is 11.1 Å². The van der Waals surface area contributed by atoms with Crippen LogP contribution in [0.15, 0.2) is 34.8 Å². The third-order valence-electron chi connectivity index (χ3n) is 1.97. The van der Waals surface area contributed by atoms with Crippen LogP contribution in [0.3, 0.4) is 0 Å². The Bertz CT molecular complexity index is 555. The average molecular weight is 231 g/mol. The van der Waals surface area contributed by atoms with E-state index in [1.54, 1.807) is 12.3 Å². The zero-order valence-electron chi connectivity index (χ0n) is 8.58. The van der Waals surface area contributed by atoms with Crippen molar-refractivity contribution in [3.63, 3.8) is 0 Å². The van der Waals surface area contributed by atoms with E-state index in [4.69, 9.17) is 11.0 Å². The number of hydrogen-bond donors (Lipinski definition) is 1. The number of nitrogen functional groups attached to an aromatic ring is 1. The minimum absolute atomic E-state index is 0.460. The number of anilines is 1. The zero-order chi connectivity index (χ0) is 11.5. The van der Waals surface area contributed by atoms with Gasteiger partial charge in [0.2, 0.25) is 0 Å². The molecular weight excluding hydrogens is 222 g/mol. The van der Waals surface area contributed by atoms with Crippen LogP contribution in [-0.2, 0) is 7.05 Å². The largest absolute Gasteiger partial charge is 0.396 e. The Labute approximate surface area is 96.9 Å². The summed E-state index contributed by atoms with van der Waals surface area (Å²) in [5, 5.41) is 10.2. The van der Waals surface area contributed by atoms with Gasteiger partial charge in [0.15, 0.2) is 5.16 Å². The SMILES string of the molecule is Cn1ccnc1Sc1ncc(C#N)cc1N. The molecule has 2 aromatic heterocycles. The van der Waals surface area contributed by atoms with Crippen LogP contribution >= 0.6 is 11.8 Å². The first kappa shape index (κ1) is 10.5. The number of hydrogen-bond acceptors (Lipinski definition) is 5. The van der Waals surface area contributed by atoms with Crippen molar-refractivity contribution < 1.29 is 0 Å². The van der Waals surface area contributed by atoms with E-state index in [0.29, 0.717) is 16.3 Å². The summed E-state index contributed by atoms with van der Waals surface area (Å²) < 4.78 is 1.88. The van der Waals surface area contributed by atoms with Crippen molar-refractivity contribution in [1.29, 1.82) is 5.26 Å².